The molecule has 0 aliphatic heterocycles. The van der Waals surface area contributed by atoms with Gasteiger partial charge in [0.1, 0.15) is 26.8 Å². The van der Waals surface area contributed by atoms with Gasteiger partial charge in [-0.15, -0.1) is 16.4 Å². The van der Waals surface area contributed by atoms with Gasteiger partial charge in [0.05, 0.1) is 22.7 Å². The molecule has 0 radical (unpaired) electrons. The molecule has 3 heterocycles. The first-order valence-electron chi connectivity index (χ1n) is 9.64. The number of hydrogen-bond acceptors (Lipinski definition) is 6. The zero-order valence-corrected chi connectivity index (χ0v) is 19.4. The average Bonchev–Trinajstić information content (AvgIpc) is 3.04. The molecule has 0 atom stereocenters. The van der Waals surface area contributed by atoms with Gasteiger partial charge in [0.25, 0.3) is 11.8 Å². The van der Waals surface area contributed by atoms with Crippen molar-refractivity contribution in [3.63, 3.8) is 0 Å². The molecule has 3 aromatic rings. The number of alkyl halides is 5. The summed E-state index contributed by atoms with van der Waals surface area (Å²) in [6, 6.07) is 3.50. The molecule has 1 aliphatic rings. The Bertz CT molecular complexity index is 1330. The first-order valence-corrected chi connectivity index (χ1v) is 10.8. The lowest BCUT2D eigenvalue weighted by Gasteiger charge is -2.21. The highest BCUT2D eigenvalue weighted by Crippen LogP contribution is 2.44. The van der Waals surface area contributed by atoms with Gasteiger partial charge in [-0.25, -0.2) is 9.36 Å². The van der Waals surface area contributed by atoms with Crippen LogP contribution in [0.1, 0.15) is 41.4 Å². The standard InChI is InChI=1S/C19H15ClF5N7OS/c1-17(21,22)13-12(19(23,24)25)15(31(3)28-13)32-7-10(27-29-32)11-6-9(14(20)34-11)16(33)30(2)18(8-26)4-5-18/h6-7H,4-5H2,1-3H3. The van der Waals surface area contributed by atoms with Crippen LogP contribution in [-0.2, 0) is 19.1 Å². The Morgan fingerprint density at radius 1 is 1.32 bits per heavy atom. The van der Waals surface area contributed by atoms with Crippen LogP contribution in [0.5, 0.6) is 0 Å². The van der Waals surface area contributed by atoms with Crippen LogP contribution in [0.3, 0.4) is 0 Å². The summed E-state index contributed by atoms with van der Waals surface area (Å²) in [6.07, 6.45) is -2.96. The smallest absolute Gasteiger partial charge is 0.323 e. The highest BCUT2D eigenvalue weighted by molar-refractivity contribution is 7.19. The van der Waals surface area contributed by atoms with Gasteiger partial charge >= 0.3 is 6.18 Å². The van der Waals surface area contributed by atoms with Gasteiger partial charge in [0, 0.05) is 21.0 Å². The minimum atomic E-state index is -5.14. The fourth-order valence-corrected chi connectivity index (χ4v) is 4.69. The van der Waals surface area contributed by atoms with Crippen LogP contribution >= 0.6 is 22.9 Å². The largest absolute Gasteiger partial charge is 0.422 e. The van der Waals surface area contributed by atoms with Crippen molar-refractivity contribution < 1.29 is 26.7 Å². The van der Waals surface area contributed by atoms with Gasteiger partial charge in [-0.3, -0.25) is 4.79 Å². The molecule has 0 N–H and O–H groups in total. The molecule has 1 saturated carbocycles. The average molecular weight is 520 g/mol. The summed E-state index contributed by atoms with van der Waals surface area (Å²) in [6.45, 7) is 0.322. The van der Waals surface area contributed by atoms with Crippen LogP contribution in [0.15, 0.2) is 12.3 Å². The molecule has 4 rings (SSSR count). The van der Waals surface area contributed by atoms with Crippen molar-refractivity contribution in [2.24, 2.45) is 7.05 Å². The molecule has 1 fully saturated rings. The minimum Gasteiger partial charge on any atom is -0.323 e. The van der Waals surface area contributed by atoms with Gasteiger partial charge in [0.15, 0.2) is 5.82 Å². The summed E-state index contributed by atoms with van der Waals surface area (Å²) in [4.78, 5) is 14.4. The molecule has 0 saturated heterocycles. The molecule has 1 amide bonds. The van der Waals surface area contributed by atoms with E-state index in [-0.39, 0.29) is 15.6 Å². The summed E-state index contributed by atoms with van der Waals surface area (Å²) in [7, 11) is 2.57. The Balaban J connectivity index is 1.73. The number of nitrogens with zero attached hydrogens (tertiary/aromatic N) is 7. The lowest BCUT2D eigenvalue weighted by atomic mass is 10.1. The maximum Gasteiger partial charge on any atom is 0.422 e. The number of nitriles is 1. The Morgan fingerprint density at radius 3 is 2.50 bits per heavy atom. The lowest BCUT2D eigenvalue weighted by Crippen LogP contribution is -2.37. The predicted octanol–water partition coefficient (Wildman–Crippen LogP) is 4.64. The summed E-state index contributed by atoms with van der Waals surface area (Å²) in [5.74, 6) is -5.08. The molecular weight excluding hydrogens is 505 g/mol. The van der Waals surface area contributed by atoms with E-state index in [1.165, 1.54) is 18.0 Å². The third-order valence-corrected chi connectivity index (χ3v) is 6.86. The van der Waals surface area contributed by atoms with Crippen molar-refractivity contribution in [2.45, 2.75) is 37.4 Å². The van der Waals surface area contributed by atoms with Crippen LogP contribution in [-0.4, -0.2) is 48.2 Å². The van der Waals surface area contributed by atoms with E-state index in [0.717, 1.165) is 24.6 Å². The fourth-order valence-electron chi connectivity index (χ4n) is 3.48. The van der Waals surface area contributed by atoms with E-state index in [1.807, 2.05) is 0 Å². The Morgan fingerprint density at radius 2 is 1.97 bits per heavy atom. The number of rotatable bonds is 5. The second-order valence-corrected chi connectivity index (χ2v) is 9.57. The summed E-state index contributed by atoms with van der Waals surface area (Å²) >= 11 is 7.16. The van der Waals surface area contributed by atoms with Gasteiger partial charge in [-0.1, -0.05) is 16.8 Å². The van der Waals surface area contributed by atoms with Gasteiger partial charge in [-0.2, -0.15) is 32.3 Å². The van der Waals surface area contributed by atoms with Crippen LogP contribution in [0.25, 0.3) is 16.4 Å². The third-order valence-electron chi connectivity index (χ3n) is 5.47. The quantitative estimate of drug-likeness (QED) is 0.458. The predicted molar refractivity (Wildman–Crippen MR) is 111 cm³/mol. The molecule has 180 valence electrons. The molecule has 0 spiro atoms. The van der Waals surface area contributed by atoms with E-state index in [9.17, 15) is 32.0 Å². The number of aromatic nitrogens is 5. The van der Waals surface area contributed by atoms with Crippen molar-refractivity contribution in [2.75, 3.05) is 7.05 Å². The van der Waals surface area contributed by atoms with E-state index in [4.69, 9.17) is 11.6 Å². The maximum absolute atomic E-state index is 13.8. The number of amides is 1. The molecule has 0 bridgehead atoms. The summed E-state index contributed by atoms with van der Waals surface area (Å²) < 4.78 is 70.2. The molecular formula is C19H15ClF5N7OS. The molecule has 34 heavy (non-hydrogen) atoms. The normalized spacial score (nSPS) is 15.3. The van der Waals surface area contributed by atoms with Crippen LogP contribution < -0.4 is 0 Å². The Labute approximate surface area is 198 Å². The number of carbonyl (C=O) groups is 1. The topological polar surface area (TPSA) is 92.6 Å². The van der Waals surface area contributed by atoms with Crippen molar-refractivity contribution in [3.05, 3.63) is 33.4 Å². The Hall–Kier alpha value is -3.05. The van der Waals surface area contributed by atoms with Crippen LogP contribution in [0.2, 0.25) is 4.34 Å². The van der Waals surface area contributed by atoms with Crippen molar-refractivity contribution in [1.29, 1.82) is 5.26 Å². The van der Waals surface area contributed by atoms with Crippen molar-refractivity contribution >= 4 is 28.8 Å². The Kier molecular flexibility index (Phi) is 5.48. The van der Waals surface area contributed by atoms with E-state index in [0.29, 0.717) is 34.0 Å². The first kappa shape index (κ1) is 24.1. The van der Waals surface area contributed by atoms with Gasteiger partial charge in [-0.05, 0) is 18.9 Å². The van der Waals surface area contributed by atoms with E-state index < -0.39 is 40.6 Å². The number of thiophene rings is 1. The highest BCUT2D eigenvalue weighted by atomic mass is 35.5. The highest BCUT2D eigenvalue weighted by Gasteiger charge is 2.50. The summed E-state index contributed by atoms with van der Waals surface area (Å²) in [5.41, 5.74) is -3.78. The summed E-state index contributed by atoms with van der Waals surface area (Å²) in [5, 5.41) is 20.2. The second kappa shape index (κ2) is 7.74. The van der Waals surface area contributed by atoms with Gasteiger partial charge < -0.3 is 4.90 Å². The SMILES string of the molecule is CN(C(=O)c1cc(-c2cn(-c3c(C(F)(F)F)c(C(C)(F)F)nn3C)nn2)sc1Cl)C1(C#N)CC1. The molecule has 15 heteroatoms. The fraction of sp³-hybridized carbons (Fsp3) is 0.421. The number of halogens is 6. The molecule has 0 aromatic carbocycles. The van der Waals surface area contributed by atoms with E-state index in [2.05, 4.69) is 21.5 Å². The first-order chi connectivity index (χ1) is 15.7. The van der Waals surface area contributed by atoms with Crippen molar-refractivity contribution in [1.82, 2.24) is 29.7 Å². The van der Waals surface area contributed by atoms with E-state index in [1.54, 1.807) is 0 Å². The number of hydrogen-bond donors (Lipinski definition) is 0. The number of carbonyl (C=O) groups excluding carboxylic acids is 1. The molecule has 1 aliphatic carbocycles. The lowest BCUT2D eigenvalue weighted by molar-refractivity contribution is -0.141. The molecule has 8 nitrogen and oxygen atoms in total. The van der Waals surface area contributed by atoms with E-state index >= 15 is 0 Å². The zero-order valence-electron chi connectivity index (χ0n) is 17.8. The molecule has 0 unspecified atom stereocenters. The zero-order chi connectivity index (χ0) is 25.2. The number of aryl methyl sites for hydroxylation is 1. The minimum absolute atomic E-state index is 0.0640. The van der Waals surface area contributed by atoms with Crippen LogP contribution in [0.4, 0.5) is 22.0 Å². The maximum atomic E-state index is 13.8. The monoisotopic (exact) mass is 519 g/mol. The van der Waals surface area contributed by atoms with Gasteiger partial charge in [0.2, 0.25) is 0 Å². The second-order valence-electron chi connectivity index (χ2n) is 7.91. The van der Waals surface area contributed by atoms with Crippen molar-refractivity contribution in [3.8, 4) is 22.5 Å². The molecule has 3 aromatic heterocycles. The third kappa shape index (κ3) is 3.92. The van der Waals surface area contributed by atoms with Crippen LogP contribution in [0, 0.1) is 11.3 Å².